The number of aliphatic hydroxyl groups is 1. The fraction of sp³-hybridized carbons (Fsp3) is 0.111. The number of benzene rings is 3. The molecule has 2 N–H and O–H groups in total. The Hall–Kier alpha value is -4.76. The zero-order valence-corrected chi connectivity index (χ0v) is 19.4. The highest BCUT2D eigenvalue weighted by molar-refractivity contribution is 6.06. The third-order valence-corrected chi connectivity index (χ3v) is 5.87. The first kappa shape index (κ1) is 23.0. The first-order valence-corrected chi connectivity index (χ1v) is 11.3. The summed E-state index contributed by atoms with van der Waals surface area (Å²) in [4.78, 5) is 31.7. The van der Waals surface area contributed by atoms with Crippen LogP contribution in [0.5, 0.6) is 0 Å². The molecule has 0 aliphatic heterocycles. The molecule has 2 heterocycles. The van der Waals surface area contributed by atoms with E-state index in [9.17, 15) is 14.7 Å². The molecule has 5 rings (SSSR count). The maximum Gasteiger partial charge on any atom is 0.296 e. The van der Waals surface area contributed by atoms with Gasteiger partial charge in [0.05, 0.1) is 29.9 Å². The topological polar surface area (TPSA) is 113 Å². The summed E-state index contributed by atoms with van der Waals surface area (Å²) in [6, 6.07) is 25.1. The van der Waals surface area contributed by atoms with Crippen LogP contribution in [0.1, 0.15) is 32.6 Å². The summed E-state index contributed by atoms with van der Waals surface area (Å²) in [5.41, 5.74) is 3.17. The van der Waals surface area contributed by atoms with Crippen molar-refractivity contribution in [1.82, 2.24) is 14.7 Å². The van der Waals surface area contributed by atoms with Crippen LogP contribution in [-0.4, -0.2) is 38.7 Å². The highest BCUT2D eigenvalue weighted by Gasteiger charge is 2.21. The van der Waals surface area contributed by atoms with Gasteiger partial charge in [-0.05, 0) is 35.9 Å². The second-order valence-electron chi connectivity index (χ2n) is 8.21. The predicted octanol–water partition coefficient (Wildman–Crippen LogP) is 4.29. The van der Waals surface area contributed by atoms with Gasteiger partial charge in [-0.1, -0.05) is 53.7 Å². The van der Waals surface area contributed by atoms with Gasteiger partial charge in [0.2, 0.25) is 11.7 Å². The highest BCUT2D eigenvalue weighted by Crippen LogP contribution is 2.28. The molecule has 36 heavy (non-hydrogen) atoms. The van der Waals surface area contributed by atoms with E-state index in [0.29, 0.717) is 22.3 Å². The van der Waals surface area contributed by atoms with Gasteiger partial charge in [-0.15, -0.1) is 0 Å². The number of aromatic nitrogens is 3. The molecule has 2 amide bonds. The summed E-state index contributed by atoms with van der Waals surface area (Å²) in [5, 5.41) is 17.2. The number of anilines is 2. The quantitative estimate of drug-likeness (QED) is 0.359. The Morgan fingerprint density at radius 2 is 1.75 bits per heavy atom. The maximum atomic E-state index is 12.9. The Kier molecular flexibility index (Phi) is 6.29. The molecule has 1 atom stereocenters. The number of carbonyl (C=O) groups excluding carboxylic acids is 2. The third kappa shape index (κ3) is 4.59. The Labute approximate surface area is 206 Å². The molecular formula is C27H23N5O4. The number of nitrogens with one attached hydrogen (secondary N) is 1. The van der Waals surface area contributed by atoms with Crippen molar-refractivity contribution in [2.24, 2.45) is 0 Å². The zero-order chi connectivity index (χ0) is 25.1. The fourth-order valence-electron chi connectivity index (χ4n) is 3.95. The lowest BCUT2D eigenvalue weighted by molar-refractivity contribution is 0.0981. The summed E-state index contributed by atoms with van der Waals surface area (Å²) in [7, 11) is 1.69. The van der Waals surface area contributed by atoms with Gasteiger partial charge < -0.3 is 19.1 Å². The Bertz CT molecular complexity index is 1500. The molecule has 0 aliphatic rings. The standard InChI is InChI=1S/C27H23N5O4/c1-31(26(35)19-10-6-3-7-11-19)20-12-13-22-21(16-20)29-27(30-25(34)24-14-15-28-36-24)32(22)17-23(33)18-8-4-2-5-9-18/h2-16,23,33H,17H2,1H3,(H,29,30,34)/t23-/m0/s1. The van der Waals surface area contributed by atoms with Crippen molar-refractivity contribution in [3.63, 3.8) is 0 Å². The van der Waals surface area contributed by atoms with E-state index in [-0.39, 0.29) is 24.2 Å². The van der Waals surface area contributed by atoms with Crippen LogP contribution < -0.4 is 10.2 Å². The summed E-state index contributed by atoms with van der Waals surface area (Å²) >= 11 is 0. The summed E-state index contributed by atoms with van der Waals surface area (Å²) in [6.07, 6.45) is 0.537. The zero-order valence-electron chi connectivity index (χ0n) is 19.4. The number of amides is 2. The number of nitrogens with zero attached hydrogens (tertiary/aromatic N) is 4. The Balaban J connectivity index is 1.51. The van der Waals surface area contributed by atoms with Gasteiger partial charge in [0.1, 0.15) is 0 Å². The van der Waals surface area contributed by atoms with Gasteiger partial charge in [0, 0.05) is 24.4 Å². The van der Waals surface area contributed by atoms with E-state index < -0.39 is 12.0 Å². The number of imidazole rings is 1. The first-order chi connectivity index (χ1) is 17.5. The van der Waals surface area contributed by atoms with Gasteiger partial charge in [0.15, 0.2) is 0 Å². The van der Waals surface area contributed by atoms with E-state index in [4.69, 9.17) is 4.52 Å². The molecule has 9 heteroatoms. The summed E-state index contributed by atoms with van der Waals surface area (Å²) in [5.74, 6) is -0.413. The largest absolute Gasteiger partial charge is 0.387 e. The van der Waals surface area contributed by atoms with Crippen molar-refractivity contribution >= 4 is 34.5 Å². The molecule has 2 aromatic heterocycles. The average molecular weight is 482 g/mol. The molecular weight excluding hydrogens is 458 g/mol. The lowest BCUT2D eigenvalue weighted by Crippen LogP contribution is -2.26. The van der Waals surface area contributed by atoms with Crippen LogP contribution in [0.3, 0.4) is 0 Å². The van der Waals surface area contributed by atoms with Crippen LogP contribution in [0.4, 0.5) is 11.6 Å². The van der Waals surface area contributed by atoms with Gasteiger partial charge in [-0.2, -0.15) is 0 Å². The molecule has 0 saturated heterocycles. The molecule has 5 aromatic rings. The van der Waals surface area contributed by atoms with Crippen LogP contribution in [0.2, 0.25) is 0 Å². The van der Waals surface area contributed by atoms with Crippen molar-refractivity contribution in [3.05, 3.63) is 108 Å². The maximum absolute atomic E-state index is 12.9. The fourth-order valence-corrected chi connectivity index (χ4v) is 3.95. The molecule has 9 nitrogen and oxygen atoms in total. The van der Waals surface area contributed by atoms with Crippen molar-refractivity contribution in [2.45, 2.75) is 12.6 Å². The number of hydrogen-bond acceptors (Lipinski definition) is 6. The van der Waals surface area contributed by atoms with E-state index in [1.165, 1.54) is 12.3 Å². The number of hydrogen-bond donors (Lipinski definition) is 2. The van der Waals surface area contributed by atoms with E-state index in [1.54, 1.807) is 40.8 Å². The van der Waals surface area contributed by atoms with Gasteiger partial charge in [-0.3, -0.25) is 14.9 Å². The second kappa shape index (κ2) is 9.85. The molecule has 3 aromatic carbocycles. The lowest BCUT2D eigenvalue weighted by atomic mass is 10.1. The number of fused-ring (bicyclic) bond motifs is 1. The van der Waals surface area contributed by atoms with Gasteiger partial charge >= 0.3 is 0 Å². The molecule has 180 valence electrons. The molecule has 0 spiro atoms. The van der Waals surface area contributed by atoms with E-state index in [0.717, 1.165) is 5.56 Å². The van der Waals surface area contributed by atoms with Crippen molar-refractivity contribution in [3.8, 4) is 0 Å². The van der Waals surface area contributed by atoms with Crippen LogP contribution in [0.25, 0.3) is 11.0 Å². The van der Waals surface area contributed by atoms with E-state index in [1.807, 2.05) is 54.6 Å². The molecule has 0 aliphatic carbocycles. The minimum absolute atomic E-state index is 0.0334. The summed E-state index contributed by atoms with van der Waals surface area (Å²) in [6.45, 7) is 0.144. The monoisotopic (exact) mass is 481 g/mol. The number of rotatable bonds is 7. The molecule has 0 saturated carbocycles. The Morgan fingerprint density at radius 3 is 2.44 bits per heavy atom. The molecule has 0 unspecified atom stereocenters. The predicted molar refractivity (Wildman–Crippen MR) is 135 cm³/mol. The molecule has 0 fully saturated rings. The van der Waals surface area contributed by atoms with Crippen LogP contribution in [0, 0.1) is 0 Å². The highest BCUT2D eigenvalue weighted by atomic mass is 16.5. The van der Waals surface area contributed by atoms with Crippen LogP contribution in [-0.2, 0) is 6.54 Å². The van der Waals surface area contributed by atoms with Gasteiger partial charge in [-0.25, -0.2) is 4.98 Å². The second-order valence-corrected chi connectivity index (χ2v) is 8.21. The third-order valence-electron chi connectivity index (χ3n) is 5.87. The normalized spacial score (nSPS) is 11.8. The summed E-state index contributed by atoms with van der Waals surface area (Å²) < 4.78 is 6.68. The van der Waals surface area contributed by atoms with Crippen molar-refractivity contribution in [1.29, 1.82) is 0 Å². The number of aliphatic hydroxyl groups excluding tert-OH is 1. The number of carbonyl (C=O) groups is 2. The van der Waals surface area contributed by atoms with E-state index in [2.05, 4.69) is 15.5 Å². The minimum atomic E-state index is -0.841. The lowest BCUT2D eigenvalue weighted by Gasteiger charge is -2.18. The Morgan fingerprint density at radius 1 is 1.03 bits per heavy atom. The van der Waals surface area contributed by atoms with Crippen molar-refractivity contribution in [2.75, 3.05) is 17.3 Å². The first-order valence-electron chi connectivity index (χ1n) is 11.3. The van der Waals surface area contributed by atoms with Crippen LogP contribution in [0.15, 0.2) is 95.6 Å². The average Bonchev–Trinajstić information content (AvgIpc) is 3.57. The molecule has 0 bridgehead atoms. The van der Waals surface area contributed by atoms with Crippen molar-refractivity contribution < 1.29 is 19.2 Å². The van der Waals surface area contributed by atoms with E-state index >= 15 is 0 Å². The van der Waals surface area contributed by atoms with Gasteiger partial charge in [0.25, 0.3) is 11.8 Å². The van der Waals surface area contributed by atoms with Crippen LogP contribution >= 0.6 is 0 Å². The molecule has 0 radical (unpaired) electrons. The SMILES string of the molecule is CN(C(=O)c1ccccc1)c1ccc2c(c1)nc(NC(=O)c1ccno1)n2C[C@H](O)c1ccccc1. The smallest absolute Gasteiger partial charge is 0.296 e. The minimum Gasteiger partial charge on any atom is -0.387 e.